The van der Waals surface area contributed by atoms with Crippen LogP contribution in [0.25, 0.3) is 10.8 Å². The third kappa shape index (κ3) is 4.44. The van der Waals surface area contributed by atoms with Crippen LogP contribution in [-0.2, 0) is 12.5 Å². The Kier molecular flexibility index (Phi) is 3.94. The molecule has 0 amide bonds. The predicted molar refractivity (Wildman–Crippen MR) is 100 cm³/mol. The Bertz CT molecular complexity index is 1070. The number of fused-ring (bicyclic) bond motifs is 1. The molecule has 3 aromatic rings. The maximum atomic E-state index is 13.0. The van der Waals surface area contributed by atoms with Crippen molar-refractivity contribution in [1.29, 1.82) is 0 Å². The molecule has 1 N–H and O–H groups in total. The monoisotopic (exact) mass is 362 g/mol. The number of alkyl halides is 3. The quantitative estimate of drug-likeness (QED) is 0.555. The molecule has 0 spiro atoms. The van der Waals surface area contributed by atoms with E-state index in [2.05, 4.69) is 5.32 Å². The molecule has 0 heterocycles. The fraction of sp³-hybridized carbons (Fsp3) is 0.273. The first kappa shape index (κ1) is 12.9. The molecule has 0 aliphatic rings. The zero-order valence-electron chi connectivity index (χ0n) is 19.2. The van der Waals surface area contributed by atoms with E-state index >= 15 is 0 Å². The number of aryl methyl sites for hydroxylation is 1. The summed E-state index contributed by atoms with van der Waals surface area (Å²) in [5, 5.41) is 4.18. The standard InChI is InChI=1S/C22H22F3N/c1-16(20-13-5-10-18-9-2-3-12-21(18)20)26-14-6-8-17-7-4-11-19(15-17)22(23,24)25/h2-5,7,9-13,15-16,26H,6,8,14H2,1H3/t16-/m0/s1/i8D2,14D2,16D. The van der Waals surface area contributed by atoms with Crippen LogP contribution in [0.2, 0.25) is 0 Å². The summed E-state index contributed by atoms with van der Waals surface area (Å²) in [4.78, 5) is 0. The highest BCUT2D eigenvalue weighted by atomic mass is 19.4. The Labute approximate surface area is 158 Å². The van der Waals surface area contributed by atoms with Crippen molar-refractivity contribution in [3.63, 3.8) is 0 Å². The van der Waals surface area contributed by atoms with Gasteiger partial charge < -0.3 is 5.32 Å². The topological polar surface area (TPSA) is 12.0 Å². The zero-order valence-corrected chi connectivity index (χ0v) is 14.2. The van der Waals surface area contributed by atoms with E-state index in [1.165, 1.54) is 13.0 Å². The van der Waals surface area contributed by atoms with Crippen LogP contribution in [0.15, 0.2) is 66.7 Å². The molecule has 0 bridgehead atoms. The second-order valence-corrected chi connectivity index (χ2v) is 5.89. The maximum Gasteiger partial charge on any atom is 0.416 e. The lowest BCUT2D eigenvalue weighted by atomic mass is 9.99. The molecule has 0 fully saturated rings. The smallest absolute Gasteiger partial charge is 0.310 e. The summed E-state index contributed by atoms with van der Waals surface area (Å²) in [5.74, 6) is 0. The van der Waals surface area contributed by atoms with E-state index in [-0.39, 0.29) is 5.56 Å². The summed E-state index contributed by atoms with van der Waals surface area (Å²) in [6.07, 6.45) is -7.80. The van der Waals surface area contributed by atoms with Gasteiger partial charge in [0.25, 0.3) is 0 Å². The lowest BCUT2D eigenvalue weighted by Gasteiger charge is -2.17. The van der Waals surface area contributed by atoms with E-state index in [9.17, 15) is 13.2 Å². The molecule has 3 aromatic carbocycles. The summed E-state index contributed by atoms with van der Waals surface area (Å²) in [7, 11) is 0. The van der Waals surface area contributed by atoms with Gasteiger partial charge in [0.05, 0.1) is 6.93 Å². The number of benzene rings is 3. The molecule has 4 heteroatoms. The molecule has 0 saturated heterocycles. The third-order valence-electron chi connectivity index (χ3n) is 4.04. The van der Waals surface area contributed by atoms with Crippen molar-refractivity contribution >= 4 is 10.8 Å². The zero-order chi connectivity index (χ0) is 23.1. The van der Waals surface area contributed by atoms with E-state index in [0.29, 0.717) is 11.6 Å². The molecular weight excluding hydrogens is 335 g/mol. The van der Waals surface area contributed by atoms with Crippen LogP contribution < -0.4 is 5.32 Å². The lowest BCUT2D eigenvalue weighted by Crippen LogP contribution is -2.20. The van der Waals surface area contributed by atoms with Crippen LogP contribution in [0.5, 0.6) is 0 Å². The maximum absolute atomic E-state index is 13.0. The van der Waals surface area contributed by atoms with Gasteiger partial charge >= 0.3 is 6.18 Å². The van der Waals surface area contributed by atoms with Gasteiger partial charge in [0.15, 0.2) is 0 Å². The number of nitrogens with one attached hydrogen (secondary N) is 1. The Hall–Kier alpha value is -2.33. The minimum Gasteiger partial charge on any atom is -0.310 e. The number of hydrogen-bond donors (Lipinski definition) is 1. The van der Waals surface area contributed by atoms with Crippen LogP contribution in [0.3, 0.4) is 0 Å². The van der Waals surface area contributed by atoms with Gasteiger partial charge in [-0.2, -0.15) is 13.2 Å². The lowest BCUT2D eigenvalue weighted by molar-refractivity contribution is -0.137. The molecule has 0 aliphatic heterocycles. The molecule has 1 atom stereocenters. The van der Waals surface area contributed by atoms with Crippen molar-refractivity contribution < 1.29 is 20.0 Å². The van der Waals surface area contributed by atoms with Crippen LogP contribution in [0.1, 0.15) is 42.9 Å². The van der Waals surface area contributed by atoms with E-state index in [1.54, 1.807) is 12.1 Å². The summed E-state index contributed by atoms with van der Waals surface area (Å²) >= 11 is 0. The van der Waals surface area contributed by atoms with Gasteiger partial charge in [0, 0.05) is 11.5 Å². The SMILES string of the molecule is [2H]C([2H])(CC([2H])([2H])c1cccc(C(F)(F)F)c1)N[C@@]([2H])(C)c1cccc2ccccc12. The van der Waals surface area contributed by atoms with Crippen molar-refractivity contribution in [2.75, 3.05) is 6.50 Å². The minimum atomic E-state index is -4.63. The van der Waals surface area contributed by atoms with Gasteiger partial charge in [-0.25, -0.2) is 0 Å². The van der Waals surface area contributed by atoms with Crippen LogP contribution in [0.4, 0.5) is 13.2 Å². The van der Waals surface area contributed by atoms with Crippen LogP contribution in [0, 0.1) is 0 Å². The van der Waals surface area contributed by atoms with Crippen molar-refractivity contribution in [3.8, 4) is 0 Å². The molecule has 0 aliphatic carbocycles. The van der Waals surface area contributed by atoms with Crippen molar-refractivity contribution in [2.24, 2.45) is 0 Å². The Balaban J connectivity index is 1.87. The van der Waals surface area contributed by atoms with E-state index in [4.69, 9.17) is 6.85 Å². The minimum absolute atomic E-state index is 0.273. The van der Waals surface area contributed by atoms with E-state index in [0.717, 1.165) is 22.9 Å². The molecule has 26 heavy (non-hydrogen) atoms. The first-order valence-corrected chi connectivity index (χ1v) is 8.17. The molecule has 0 radical (unpaired) electrons. The van der Waals surface area contributed by atoms with E-state index in [1.807, 2.05) is 30.3 Å². The highest BCUT2D eigenvalue weighted by molar-refractivity contribution is 5.86. The molecule has 0 saturated carbocycles. The van der Waals surface area contributed by atoms with Gasteiger partial charge in [0.1, 0.15) is 0 Å². The van der Waals surface area contributed by atoms with Gasteiger partial charge in [-0.3, -0.25) is 0 Å². The summed E-state index contributed by atoms with van der Waals surface area (Å²) in [5.41, 5.74) is -0.762. The second kappa shape index (κ2) is 7.92. The first-order valence-electron chi connectivity index (χ1n) is 10.7. The summed E-state index contributed by atoms with van der Waals surface area (Å²) in [6, 6.07) is 14.9. The van der Waals surface area contributed by atoms with Gasteiger partial charge in [-0.05, 0) is 54.2 Å². The van der Waals surface area contributed by atoms with Crippen LogP contribution in [-0.4, -0.2) is 6.50 Å². The van der Waals surface area contributed by atoms with Crippen molar-refractivity contribution in [2.45, 2.75) is 31.9 Å². The van der Waals surface area contributed by atoms with Gasteiger partial charge in [0.2, 0.25) is 0 Å². The van der Waals surface area contributed by atoms with Crippen molar-refractivity contribution in [3.05, 3.63) is 83.4 Å². The molecular formula is C22H22F3N. The Morgan fingerprint density at radius 1 is 1.04 bits per heavy atom. The Morgan fingerprint density at radius 2 is 1.77 bits per heavy atom. The van der Waals surface area contributed by atoms with Crippen LogP contribution >= 0.6 is 0 Å². The average Bonchev–Trinajstić information content (AvgIpc) is 2.65. The molecule has 0 aromatic heterocycles. The Morgan fingerprint density at radius 3 is 2.58 bits per heavy atom. The second-order valence-electron chi connectivity index (χ2n) is 5.89. The molecule has 0 unspecified atom stereocenters. The molecule has 136 valence electrons. The highest BCUT2D eigenvalue weighted by Crippen LogP contribution is 2.29. The number of halogens is 3. The predicted octanol–water partition coefficient (Wildman–Crippen LogP) is 6.14. The average molecular weight is 362 g/mol. The highest BCUT2D eigenvalue weighted by Gasteiger charge is 2.30. The third-order valence-corrected chi connectivity index (χ3v) is 4.04. The molecule has 1 nitrogen and oxygen atoms in total. The number of rotatable bonds is 6. The van der Waals surface area contributed by atoms with Gasteiger partial charge in [-0.15, -0.1) is 0 Å². The van der Waals surface area contributed by atoms with Gasteiger partial charge in [-0.1, -0.05) is 60.7 Å². The fourth-order valence-corrected chi connectivity index (χ4v) is 2.75. The van der Waals surface area contributed by atoms with E-state index < -0.39 is 37.0 Å². The molecule has 3 rings (SSSR count). The summed E-state index contributed by atoms with van der Waals surface area (Å²) in [6.45, 7) is -0.919. The fourth-order valence-electron chi connectivity index (χ4n) is 2.75. The normalized spacial score (nSPS) is 18.2. The largest absolute Gasteiger partial charge is 0.416 e. The number of hydrogen-bond acceptors (Lipinski definition) is 1. The van der Waals surface area contributed by atoms with Crippen molar-refractivity contribution in [1.82, 2.24) is 5.32 Å². The first-order chi connectivity index (χ1) is 14.2. The summed E-state index contributed by atoms with van der Waals surface area (Å²) < 4.78 is 80.7.